The number of hydrogen-bond donors (Lipinski definition) is 0. The van der Waals surface area contributed by atoms with Crippen molar-refractivity contribution in [1.82, 2.24) is 9.47 Å². The predicted molar refractivity (Wildman–Crippen MR) is 204 cm³/mol. The Hall–Kier alpha value is -2.59. The number of allylic oxidation sites excluding steroid dienone is 1. The maximum atomic E-state index is 14.3. The zero-order chi connectivity index (χ0) is 34.0. The van der Waals surface area contributed by atoms with Crippen LogP contribution in [0.25, 0.3) is 6.08 Å². The van der Waals surface area contributed by atoms with E-state index >= 15 is 0 Å². The summed E-state index contributed by atoms with van der Waals surface area (Å²) in [5, 5.41) is 1.10. The number of rotatable bonds is 10. The lowest BCUT2D eigenvalue weighted by Crippen LogP contribution is -2.43. The van der Waals surface area contributed by atoms with Crippen LogP contribution in [0.3, 0.4) is 0 Å². The van der Waals surface area contributed by atoms with Gasteiger partial charge in [0.05, 0.1) is 37.2 Å². The van der Waals surface area contributed by atoms with Crippen molar-refractivity contribution in [2.45, 2.75) is 33.4 Å². The highest BCUT2D eigenvalue weighted by Gasteiger charge is 2.36. The van der Waals surface area contributed by atoms with Crippen LogP contribution in [0.2, 0.25) is 10.0 Å². The molecule has 0 radical (unpaired) electrons. The quantitative estimate of drug-likeness (QED) is 0.157. The van der Waals surface area contributed by atoms with E-state index in [1.165, 1.54) is 11.3 Å². The number of halogens is 4. The van der Waals surface area contributed by atoms with Gasteiger partial charge in [-0.2, -0.15) is 0 Å². The van der Waals surface area contributed by atoms with E-state index in [1.54, 1.807) is 48.0 Å². The lowest BCUT2D eigenvalue weighted by molar-refractivity contribution is -0.127. The Balaban J connectivity index is 1.61. The van der Waals surface area contributed by atoms with Crippen LogP contribution in [0, 0.1) is 7.14 Å². The monoisotopic (exact) mass is 917 g/mol. The summed E-state index contributed by atoms with van der Waals surface area (Å²) in [7, 11) is 3.14. The highest BCUT2D eigenvalue weighted by atomic mass is 127. The molecule has 4 aromatic rings. The molecule has 8 nitrogen and oxygen atoms in total. The van der Waals surface area contributed by atoms with E-state index in [-0.39, 0.29) is 18.1 Å². The second kappa shape index (κ2) is 15.3. The average molecular weight is 918 g/mol. The van der Waals surface area contributed by atoms with Crippen LogP contribution in [0.1, 0.15) is 43.5 Å². The second-order valence-electron chi connectivity index (χ2n) is 10.5. The molecule has 0 saturated heterocycles. The summed E-state index contributed by atoms with van der Waals surface area (Å²) in [6, 6.07) is 13.8. The molecule has 0 bridgehead atoms. The van der Waals surface area contributed by atoms with Gasteiger partial charge in [-0.3, -0.25) is 14.2 Å². The van der Waals surface area contributed by atoms with E-state index in [4.69, 9.17) is 42.4 Å². The summed E-state index contributed by atoms with van der Waals surface area (Å²) in [5.41, 5.74) is 3.00. The Kier molecular flexibility index (Phi) is 11.6. The van der Waals surface area contributed by atoms with Crippen LogP contribution >= 0.6 is 79.7 Å². The van der Waals surface area contributed by atoms with Crippen LogP contribution in [0.4, 0.5) is 0 Å². The molecule has 0 fully saturated rings. The molecule has 3 aromatic carbocycles. The lowest BCUT2D eigenvalue weighted by Gasteiger charge is -2.30. The zero-order valence-corrected chi connectivity index (χ0v) is 32.8. The molecule has 0 aliphatic carbocycles. The molecule has 1 aromatic heterocycles. The third kappa shape index (κ3) is 7.38. The molecule has 0 N–H and O–H groups in total. The standard InChI is InChI=1S/C34H31Cl2I2N3O5S/c1-6-40(7-2)33(43)29-18(3)39-34-41(30(29)23-16-22(44-4)10-11-27(23)45-5)32(42)28(47-34)14-19-12-25(37)31(26(38)13-19)46-17-20-8-9-21(35)15-24(20)36/h8-16,30H,6-7,17H2,1-5H3/b28-14+/t30-/m1/s1. The van der Waals surface area contributed by atoms with E-state index in [9.17, 15) is 9.59 Å². The molecular weight excluding hydrogens is 887 g/mol. The van der Waals surface area contributed by atoms with Gasteiger partial charge in [0, 0.05) is 34.3 Å². The first-order valence-electron chi connectivity index (χ1n) is 14.6. The number of carbonyl (C=O) groups is 1. The van der Waals surface area contributed by atoms with E-state index in [0.717, 1.165) is 24.0 Å². The third-order valence-electron chi connectivity index (χ3n) is 7.74. The molecule has 1 atom stereocenters. The van der Waals surface area contributed by atoms with Crippen molar-refractivity contribution in [3.05, 3.63) is 113 Å². The number of benzene rings is 3. The smallest absolute Gasteiger partial charge is 0.271 e. The van der Waals surface area contributed by atoms with Gasteiger partial charge in [0.15, 0.2) is 4.80 Å². The van der Waals surface area contributed by atoms with Crippen molar-refractivity contribution in [3.8, 4) is 17.2 Å². The molecule has 1 aliphatic rings. The summed E-state index contributed by atoms with van der Waals surface area (Å²) in [6.45, 7) is 6.99. The molecule has 47 heavy (non-hydrogen) atoms. The molecule has 5 rings (SSSR count). The second-order valence-corrected chi connectivity index (χ2v) is 14.7. The van der Waals surface area contributed by atoms with Gasteiger partial charge in [0.1, 0.15) is 29.9 Å². The van der Waals surface area contributed by atoms with Crippen molar-refractivity contribution in [2.24, 2.45) is 4.99 Å². The SMILES string of the molecule is CCN(CC)C(=O)C1=C(C)N=c2s/c(=C/c3cc(I)c(OCc4ccc(Cl)cc4Cl)c(I)c3)c(=O)n2[C@@H]1c1cc(OC)ccc1OC. The number of ether oxygens (including phenoxy) is 3. The van der Waals surface area contributed by atoms with Crippen molar-refractivity contribution in [2.75, 3.05) is 27.3 Å². The Morgan fingerprint density at radius 3 is 2.36 bits per heavy atom. The minimum absolute atomic E-state index is 0.181. The minimum Gasteiger partial charge on any atom is -0.497 e. The number of amides is 1. The number of fused-ring (bicyclic) bond motifs is 1. The first-order chi connectivity index (χ1) is 22.5. The van der Waals surface area contributed by atoms with Gasteiger partial charge in [0.25, 0.3) is 11.5 Å². The number of aromatic nitrogens is 1. The topological polar surface area (TPSA) is 82.4 Å². The van der Waals surface area contributed by atoms with Crippen molar-refractivity contribution in [1.29, 1.82) is 0 Å². The van der Waals surface area contributed by atoms with Crippen molar-refractivity contribution in [3.63, 3.8) is 0 Å². The fourth-order valence-corrected chi connectivity index (χ4v) is 9.00. The van der Waals surface area contributed by atoms with Gasteiger partial charge in [-0.25, -0.2) is 4.99 Å². The van der Waals surface area contributed by atoms with Crippen LogP contribution in [-0.2, 0) is 11.4 Å². The maximum Gasteiger partial charge on any atom is 0.271 e. The van der Waals surface area contributed by atoms with E-state index in [0.29, 0.717) is 60.8 Å². The average Bonchev–Trinajstić information content (AvgIpc) is 3.34. The van der Waals surface area contributed by atoms with Gasteiger partial charge in [-0.1, -0.05) is 40.6 Å². The van der Waals surface area contributed by atoms with Crippen molar-refractivity contribution >= 4 is 91.7 Å². The summed E-state index contributed by atoms with van der Waals surface area (Å²) < 4.78 is 21.3. The van der Waals surface area contributed by atoms with Crippen molar-refractivity contribution < 1.29 is 19.0 Å². The normalized spacial score (nSPS) is 14.5. The molecule has 1 aliphatic heterocycles. The molecule has 0 spiro atoms. The Bertz CT molecular complexity index is 2050. The Morgan fingerprint density at radius 2 is 1.74 bits per heavy atom. The van der Waals surface area contributed by atoms with Gasteiger partial charge in [-0.05, 0) is 120 Å². The van der Waals surface area contributed by atoms with E-state index in [2.05, 4.69) is 45.2 Å². The summed E-state index contributed by atoms with van der Waals surface area (Å²) in [4.78, 5) is 35.3. The molecule has 0 saturated carbocycles. The number of hydrogen-bond acceptors (Lipinski definition) is 7. The van der Waals surface area contributed by atoms with Gasteiger partial charge in [0.2, 0.25) is 0 Å². The molecule has 1 amide bonds. The number of thiazole rings is 1. The molecular formula is C34H31Cl2I2N3O5S. The largest absolute Gasteiger partial charge is 0.497 e. The van der Waals surface area contributed by atoms with E-state index in [1.807, 2.05) is 51.1 Å². The van der Waals surface area contributed by atoms with Crippen LogP contribution in [-0.4, -0.2) is 42.7 Å². The van der Waals surface area contributed by atoms with Gasteiger partial charge >= 0.3 is 0 Å². The summed E-state index contributed by atoms with van der Waals surface area (Å²) >= 11 is 18.1. The Morgan fingerprint density at radius 1 is 1.04 bits per heavy atom. The Labute approximate surface area is 313 Å². The summed E-state index contributed by atoms with van der Waals surface area (Å²) in [6.07, 6.45) is 1.85. The van der Waals surface area contributed by atoms with Crippen LogP contribution in [0.5, 0.6) is 17.2 Å². The van der Waals surface area contributed by atoms with Crippen LogP contribution < -0.4 is 29.1 Å². The molecule has 13 heteroatoms. The maximum absolute atomic E-state index is 14.3. The third-order valence-corrected chi connectivity index (χ3v) is 10.9. The number of methoxy groups -OCH3 is 2. The molecule has 0 unspecified atom stereocenters. The minimum atomic E-state index is -0.776. The molecule has 2 heterocycles. The fraction of sp³-hybridized carbons (Fsp3) is 0.265. The van der Waals surface area contributed by atoms with Gasteiger partial charge < -0.3 is 19.1 Å². The predicted octanol–water partition coefficient (Wildman–Crippen LogP) is 7.22. The zero-order valence-electron chi connectivity index (χ0n) is 26.2. The summed E-state index contributed by atoms with van der Waals surface area (Å²) in [5.74, 6) is 1.65. The van der Waals surface area contributed by atoms with Gasteiger partial charge in [-0.15, -0.1) is 0 Å². The highest BCUT2D eigenvalue weighted by Crippen LogP contribution is 2.38. The highest BCUT2D eigenvalue weighted by molar-refractivity contribution is 14.1. The number of likely N-dealkylation sites (N-methyl/N-ethyl adjacent to an activating group) is 1. The molecule has 246 valence electrons. The number of nitrogens with zero attached hydrogens (tertiary/aromatic N) is 3. The number of carbonyl (C=O) groups excluding carboxylic acids is 1. The first-order valence-corrected chi connectivity index (χ1v) is 18.3. The first kappa shape index (κ1) is 35.7. The fourth-order valence-electron chi connectivity index (χ4n) is 5.36. The van der Waals surface area contributed by atoms with Crippen LogP contribution in [0.15, 0.2) is 69.6 Å². The van der Waals surface area contributed by atoms with E-state index < -0.39 is 6.04 Å². The lowest BCUT2D eigenvalue weighted by atomic mass is 9.93.